The third kappa shape index (κ3) is 6.48. The molecule has 0 heterocycles. The lowest BCUT2D eigenvalue weighted by Crippen LogP contribution is -2.52. The van der Waals surface area contributed by atoms with Crippen molar-refractivity contribution in [2.75, 3.05) is 20.7 Å². The van der Waals surface area contributed by atoms with Gasteiger partial charge in [0.2, 0.25) is 0 Å². The number of hydrogen-bond donors (Lipinski definition) is 1. The number of rotatable bonds is 5. The van der Waals surface area contributed by atoms with Crippen molar-refractivity contribution in [3.8, 4) is 5.75 Å². The fraction of sp³-hybridized carbons (Fsp3) is 0.556. The van der Waals surface area contributed by atoms with Gasteiger partial charge in [0, 0.05) is 19.2 Å². The maximum absolute atomic E-state index is 12.5. The SMILES string of the molecule is COc1ccc(C(=O)N(C)CC(C)(C)NC(=O)OC(C)(C)C)cc1. The van der Waals surface area contributed by atoms with Crippen molar-refractivity contribution in [1.29, 1.82) is 0 Å². The Morgan fingerprint density at radius 2 is 1.62 bits per heavy atom. The smallest absolute Gasteiger partial charge is 0.408 e. The average molecular weight is 336 g/mol. The molecule has 24 heavy (non-hydrogen) atoms. The van der Waals surface area contributed by atoms with E-state index in [4.69, 9.17) is 9.47 Å². The van der Waals surface area contributed by atoms with E-state index < -0.39 is 17.2 Å². The van der Waals surface area contributed by atoms with Crippen LogP contribution in [-0.4, -0.2) is 48.7 Å². The molecular weight excluding hydrogens is 308 g/mol. The van der Waals surface area contributed by atoms with Crippen molar-refractivity contribution in [2.24, 2.45) is 0 Å². The standard InChI is InChI=1S/C18H28N2O4/c1-17(2,3)24-16(22)19-18(4,5)12-20(6)15(21)13-8-10-14(23-7)11-9-13/h8-11H,12H2,1-7H3,(H,19,22). The summed E-state index contributed by atoms with van der Waals surface area (Å²) < 4.78 is 10.3. The Kier molecular flexibility index (Phi) is 6.23. The van der Waals surface area contributed by atoms with E-state index in [-0.39, 0.29) is 5.91 Å². The van der Waals surface area contributed by atoms with Crippen molar-refractivity contribution in [1.82, 2.24) is 10.2 Å². The minimum absolute atomic E-state index is 0.128. The number of ether oxygens (including phenoxy) is 2. The van der Waals surface area contributed by atoms with Crippen LogP contribution >= 0.6 is 0 Å². The predicted octanol–water partition coefficient (Wildman–Crippen LogP) is 3.07. The highest BCUT2D eigenvalue weighted by Gasteiger charge is 2.27. The highest BCUT2D eigenvalue weighted by Crippen LogP contribution is 2.15. The lowest BCUT2D eigenvalue weighted by atomic mass is 10.0. The highest BCUT2D eigenvalue weighted by atomic mass is 16.6. The van der Waals surface area contributed by atoms with Crippen LogP contribution in [0.5, 0.6) is 5.75 Å². The molecule has 1 aromatic carbocycles. The van der Waals surface area contributed by atoms with Gasteiger partial charge in [-0.1, -0.05) is 0 Å². The summed E-state index contributed by atoms with van der Waals surface area (Å²) in [4.78, 5) is 26.0. The molecule has 0 saturated heterocycles. The molecular formula is C18H28N2O4. The molecule has 0 aliphatic rings. The van der Waals surface area contributed by atoms with Crippen LogP contribution in [0.25, 0.3) is 0 Å². The van der Waals surface area contributed by atoms with E-state index in [9.17, 15) is 9.59 Å². The lowest BCUT2D eigenvalue weighted by Gasteiger charge is -2.32. The predicted molar refractivity (Wildman–Crippen MR) is 93.4 cm³/mol. The molecule has 0 atom stereocenters. The Morgan fingerprint density at radius 1 is 1.08 bits per heavy atom. The highest BCUT2D eigenvalue weighted by molar-refractivity contribution is 5.94. The Labute approximate surface area is 144 Å². The molecule has 0 aliphatic heterocycles. The Bertz CT molecular complexity index is 574. The van der Waals surface area contributed by atoms with Crippen LogP contribution in [0.3, 0.4) is 0 Å². The summed E-state index contributed by atoms with van der Waals surface area (Å²) in [5.41, 5.74) is -0.629. The number of carbonyl (C=O) groups is 2. The Morgan fingerprint density at radius 3 is 2.08 bits per heavy atom. The molecule has 0 spiro atoms. The zero-order chi connectivity index (χ0) is 18.5. The average Bonchev–Trinajstić information content (AvgIpc) is 2.43. The number of nitrogens with zero attached hydrogens (tertiary/aromatic N) is 1. The zero-order valence-electron chi connectivity index (χ0n) is 15.6. The van der Waals surface area contributed by atoms with Gasteiger partial charge in [0.25, 0.3) is 5.91 Å². The van der Waals surface area contributed by atoms with Gasteiger partial charge in [-0.2, -0.15) is 0 Å². The Hall–Kier alpha value is -2.24. The quantitative estimate of drug-likeness (QED) is 0.897. The summed E-state index contributed by atoms with van der Waals surface area (Å²) in [6, 6.07) is 6.91. The van der Waals surface area contributed by atoms with Gasteiger partial charge in [-0.3, -0.25) is 4.79 Å². The van der Waals surface area contributed by atoms with Crippen molar-refractivity contribution >= 4 is 12.0 Å². The minimum Gasteiger partial charge on any atom is -0.497 e. The van der Waals surface area contributed by atoms with Gasteiger partial charge in [-0.25, -0.2) is 4.79 Å². The van der Waals surface area contributed by atoms with Gasteiger partial charge < -0.3 is 19.7 Å². The maximum Gasteiger partial charge on any atom is 0.408 e. The summed E-state index contributed by atoms with van der Waals surface area (Å²) >= 11 is 0. The molecule has 0 bridgehead atoms. The van der Waals surface area contributed by atoms with E-state index in [1.165, 1.54) is 0 Å². The van der Waals surface area contributed by atoms with Crippen LogP contribution in [0.1, 0.15) is 45.0 Å². The van der Waals surface area contributed by atoms with E-state index >= 15 is 0 Å². The number of alkyl carbamates (subject to hydrolysis) is 1. The van der Waals surface area contributed by atoms with Gasteiger partial charge >= 0.3 is 6.09 Å². The molecule has 0 aliphatic carbocycles. The second-order valence-corrected chi connectivity index (χ2v) is 7.40. The van der Waals surface area contributed by atoms with E-state index in [2.05, 4.69) is 5.32 Å². The molecule has 0 fully saturated rings. The van der Waals surface area contributed by atoms with Gasteiger partial charge in [-0.15, -0.1) is 0 Å². The molecule has 1 rings (SSSR count). The number of hydrogen-bond acceptors (Lipinski definition) is 4. The van der Waals surface area contributed by atoms with Crippen LogP contribution in [0.15, 0.2) is 24.3 Å². The van der Waals surface area contributed by atoms with E-state index in [0.717, 1.165) is 0 Å². The summed E-state index contributed by atoms with van der Waals surface area (Å²) in [7, 11) is 3.28. The molecule has 6 nitrogen and oxygen atoms in total. The molecule has 0 aromatic heterocycles. The van der Waals surface area contributed by atoms with Crippen molar-refractivity contribution in [3.05, 3.63) is 29.8 Å². The van der Waals surface area contributed by atoms with Crippen molar-refractivity contribution in [2.45, 2.75) is 45.8 Å². The number of amides is 2. The van der Waals surface area contributed by atoms with Crippen LogP contribution in [-0.2, 0) is 4.74 Å². The third-order valence-corrected chi connectivity index (χ3v) is 3.16. The maximum atomic E-state index is 12.5. The third-order valence-electron chi connectivity index (χ3n) is 3.16. The molecule has 0 unspecified atom stereocenters. The second kappa shape index (κ2) is 7.55. The van der Waals surface area contributed by atoms with Gasteiger partial charge in [0.05, 0.1) is 12.6 Å². The molecule has 134 valence electrons. The number of nitrogens with one attached hydrogen (secondary N) is 1. The second-order valence-electron chi connectivity index (χ2n) is 7.40. The summed E-state index contributed by atoms with van der Waals surface area (Å²) in [5, 5.41) is 2.79. The van der Waals surface area contributed by atoms with E-state index in [0.29, 0.717) is 17.9 Å². The number of methoxy groups -OCH3 is 1. The first-order chi connectivity index (χ1) is 10.9. The zero-order valence-corrected chi connectivity index (χ0v) is 15.6. The number of benzene rings is 1. The summed E-state index contributed by atoms with van der Waals surface area (Å²) in [6.07, 6.45) is -0.502. The summed E-state index contributed by atoms with van der Waals surface area (Å²) in [6.45, 7) is 9.44. The first-order valence-corrected chi connectivity index (χ1v) is 7.84. The van der Waals surface area contributed by atoms with E-state index in [1.54, 1.807) is 64.1 Å². The molecule has 0 radical (unpaired) electrons. The Balaban J connectivity index is 2.68. The first-order valence-electron chi connectivity index (χ1n) is 7.84. The van der Waals surface area contributed by atoms with Crippen LogP contribution in [0.2, 0.25) is 0 Å². The number of carbonyl (C=O) groups excluding carboxylic acids is 2. The minimum atomic E-state index is -0.626. The monoisotopic (exact) mass is 336 g/mol. The normalized spacial score (nSPS) is 11.6. The van der Waals surface area contributed by atoms with Crippen molar-refractivity contribution < 1.29 is 19.1 Å². The fourth-order valence-electron chi connectivity index (χ4n) is 2.24. The fourth-order valence-corrected chi connectivity index (χ4v) is 2.24. The van der Waals surface area contributed by atoms with Crippen LogP contribution in [0, 0.1) is 0 Å². The largest absolute Gasteiger partial charge is 0.497 e. The van der Waals surface area contributed by atoms with Gasteiger partial charge in [0.1, 0.15) is 11.4 Å². The topological polar surface area (TPSA) is 67.9 Å². The van der Waals surface area contributed by atoms with Crippen LogP contribution in [0.4, 0.5) is 4.79 Å². The van der Waals surface area contributed by atoms with E-state index in [1.807, 2.05) is 13.8 Å². The number of likely N-dealkylation sites (N-methyl/N-ethyl adjacent to an activating group) is 1. The molecule has 6 heteroatoms. The first kappa shape index (κ1) is 19.8. The molecule has 1 N–H and O–H groups in total. The van der Waals surface area contributed by atoms with Gasteiger partial charge in [-0.05, 0) is 58.9 Å². The van der Waals surface area contributed by atoms with Crippen LogP contribution < -0.4 is 10.1 Å². The van der Waals surface area contributed by atoms with Crippen molar-refractivity contribution in [3.63, 3.8) is 0 Å². The molecule has 2 amide bonds. The molecule has 0 saturated carbocycles. The summed E-state index contributed by atoms with van der Waals surface area (Å²) in [5.74, 6) is 0.567. The van der Waals surface area contributed by atoms with Gasteiger partial charge in [0.15, 0.2) is 0 Å². The molecule has 1 aromatic rings. The lowest BCUT2D eigenvalue weighted by molar-refractivity contribution is 0.0441.